The second kappa shape index (κ2) is 13.3. The summed E-state index contributed by atoms with van der Waals surface area (Å²) in [6, 6.07) is 7.28. The summed E-state index contributed by atoms with van der Waals surface area (Å²) in [5, 5.41) is 7.08. The minimum absolute atomic E-state index is 0. The minimum atomic E-state index is -0.743. The number of halogens is 1. The number of carbonyl (C=O) groups is 2. The second-order valence-corrected chi connectivity index (χ2v) is 10.1. The van der Waals surface area contributed by atoms with Gasteiger partial charge in [0.2, 0.25) is 0 Å². The summed E-state index contributed by atoms with van der Waals surface area (Å²) in [6.45, 7) is 5.84. The molecule has 0 radical (unpaired) electrons. The fraction of sp³-hybridized carbons (Fsp3) is 0.609. The van der Waals surface area contributed by atoms with Crippen molar-refractivity contribution in [2.75, 3.05) is 25.4 Å². The number of fused-ring (bicyclic) bond motifs is 1. The van der Waals surface area contributed by atoms with Crippen molar-refractivity contribution in [3.63, 3.8) is 0 Å². The highest BCUT2D eigenvalue weighted by Gasteiger charge is 2.34. The Morgan fingerprint density at radius 1 is 1.12 bits per heavy atom. The number of nitrogens with zero attached hydrogens (tertiary/aromatic N) is 2. The highest BCUT2D eigenvalue weighted by Crippen LogP contribution is 2.24. The largest absolute Gasteiger partial charge is 0.357 e. The van der Waals surface area contributed by atoms with Crippen LogP contribution in [0.25, 0.3) is 0 Å². The molecule has 0 saturated heterocycles. The monoisotopic (exact) mass is 574 g/mol. The number of carbonyl (C=O) groups excluding carboxylic acids is 2. The van der Waals surface area contributed by atoms with Gasteiger partial charge in [-0.3, -0.25) is 23.7 Å². The Kier molecular flexibility index (Phi) is 11.1. The highest BCUT2D eigenvalue weighted by atomic mass is 127. The van der Waals surface area contributed by atoms with Crippen molar-refractivity contribution in [1.82, 2.24) is 15.5 Å². The van der Waals surface area contributed by atoms with E-state index in [-0.39, 0.29) is 41.0 Å². The first kappa shape index (κ1) is 26.8. The van der Waals surface area contributed by atoms with E-state index in [9.17, 15) is 13.8 Å². The van der Waals surface area contributed by atoms with Gasteiger partial charge in [-0.1, -0.05) is 25.5 Å². The number of nitrogens with one attached hydrogen (secondary N) is 2. The summed E-state index contributed by atoms with van der Waals surface area (Å²) in [5.41, 5.74) is 0.998. The Bertz CT molecular complexity index is 813. The summed E-state index contributed by atoms with van der Waals surface area (Å²) in [6.07, 6.45) is 5.64. The average Bonchev–Trinajstić information content (AvgIpc) is 3.03. The van der Waals surface area contributed by atoms with E-state index >= 15 is 0 Å². The molecule has 32 heavy (non-hydrogen) atoms. The molecule has 2 N–H and O–H groups in total. The van der Waals surface area contributed by atoms with Crippen LogP contribution in [0.4, 0.5) is 0 Å². The maximum atomic E-state index is 12.4. The molecule has 2 amide bonds. The molecule has 1 aliphatic heterocycles. The lowest BCUT2D eigenvalue weighted by atomic mass is 9.95. The molecule has 0 bridgehead atoms. The van der Waals surface area contributed by atoms with Crippen molar-refractivity contribution in [2.24, 2.45) is 4.99 Å². The van der Waals surface area contributed by atoms with E-state index in [2.05, 4.69) is 15.6 Å². The molecule has 2 aliphatic rings. The molecule has 3 unspecified atom stereocenters. The molecule has 1 heterocycles. The molecule has 3 rings (SSSR count). The van der Waals surface area contributed by atoms with Crippen LogP contribution in [-0.2, 0) is 10.8 Å². The standard InChI is InChI=1S/C23H34N4O3S.HI/c1-3-24-23(26-17-10-9-11-18(16-17)31(30)4-2)25-14-7-8-15-27-21(28)19-12-5-6-13-20(19)22(27)29;/h5-6,12-13,17-18H,3-4,7-11,14-16H2,1-2H3,(H2,24,25,26);1H. The van der Waals surface area contributed by atoms with Crippen LogP contribution in [0.1, 0.15) is 73.1 Å². The molecular formula is C23H35IN4O3S. The van der Waals surface area contributed by atoms with E-state index in [1.807, 2.05) is 13.8 Å². The van der Waals surface area contributed by atoms with Crippen molar-refractivity contribution in [3.05, 3.63) is 35.4 Å². The van der Waals surface area contributed by atoms with Crippen LogP contribution in [0, 0.1) is 0 Å². The molecule has 178 valence electrons. The average molecular weight is 575 g/mol. The van der Waals surface area contributed by atoms with Gasteiger partial charge in [-0.2, -0.15) is 0 Å². The van der Waals surface area contributed by atoms with Gasteiger partial charge < -0.3 is 10.6 Å². The van der Waals surface area contributed by atoms with E-state index < -0.39 is 10.8 Å². The fourth-order valence-corrected chi connectivity index (χ4v) is 5.63. The number of hydrogen-bond acceptors (Lipinski definition) is 4. The maximum absolute atomic E-state index is 12.4. The lowest BCUT2D eigenvalue weighted by molar-refractivity contribution is 0.0652. The van der Waals surface area contributed by atoms with E-state index in [0.717, 1.165) is 56.8 Å². The second-order valence-electron chi connectivity index (χ2n) is 8.07. The number of imide groups is 1. The predicted octanol–water partition coefficient (Wildman–Crippen LogP) is 3.32. The topological polar surface area (TPSA) is 90.9 Å². The number of aliphatic imine (C=N–C) groups is 1. The Morgan fingerprint density at radius 2 is 1.81 bits per heavy atom. The lowest BCUT2D eigenvalue weighted by Crippen LogP contribution is -2.46. The van der Waals surface area contributed by atoms with Crippen LogP contribution < -0.4 is 10.6 Å². The third-order valence-corrected chi connectivity index (χ3v) is 7.65. The van der Waals surface area contributed by atoms with E-state index in [0.29, 0.717) is 30.3 Å². The smallest absolute Gasteiger partial charge is 0.261 e. The third-order valence-electron chi connectivity index (χ3n) is 5.91. The molecule has 9 heteroatoms. The summed E-state index contributed by atoms with van der Waals surface area (Å²) < 4.78 is 12.2. The molecule has 1 aromatic carbocycles. The van der Waals surface area contributed by atoms with Crippen molar-refractivity contribution >= 4 is 52.6 Å². The number of rotatable bonds is 9. The predicted molar refractivity (Wildman–Crippen MR) is 140 cm³/mol. The molecule has 0 aromatic heterocycles. The molecule has 1 saturated carbocycles. The maximum Gasteiger partial charge on any atom is 0.261 e. The Balaban J connectivity index is 0.00000363. The number of amides is 2. The zero-order valence-corrected chi connectivity index (χ0v) is 22.1. The van der Waals surface area contributed by atoms with Gasteiger partial charge in [0.1, 0.15) is 0 Å². The Hall–Kier alpha value is -1.49. The van der Waals surface area contributed by atoms with Gasteiger partial charge in [-0.15, -0.1) is 24.0 Å². The highest BCUT2D eigenvalue weighted by molar-refractivity contribution is 14.0. The van der Waals surface area contributed by atoms with Crippen LogP contribution in [0.2, 0.25) is 0 Å². The number of guanidine groups is 1. The van der Waals surface area contributed by atoms with E-state index in [1.54, 1.807) is 24.3 Å². The lowest BCUT2D eigenvalue weighted by Gasteiger charge is -2.30. The van der Waals surface area contributed by atoms with Gasteiger partial charge in [0.05, 0.1) is 11.1 Å². The minimum Gasteiger partial charge on any atom is -0.357 e. The quantitative estimate of drug-likeness (QED) is 0.155. The summed E-state index contributed by atoms with van der Waals surface area (Å²) in [7, 11) is -0.743. The first-order valence-corrected chi connectivity index (χ1v) is 12.8. The van der Waals surface area contributed by atoms with Crippen LogP contribution in [-0.4, -0.2) is 63.6 Å². The van der Waals surface area contributed by atoms with Crippen molar-refractivity contribution < 1.29 is 13.8 Å². The van der Waals surface area contributed by atoms with Crippen LogP contribution >= 0.6 is 24.0 Å². The normalized spacial score (nSPS) is 21.7. The van der Waals surface area contributed by atoms with Gasteiger partial charge in [0.25, 0.3) is 11.8 Å². The zero-order valence-electron chi connectivity index (χ0n) is 19.0. The molecule has 7 nitrogen and oxygen atoms in total. The van der Waals surface area contributed by atoms with Crippen LogP contribution in [0.3, 0.4) is 0 Å². The van der Waals surface area contributed by atoms with E-state index in [1.165, 1.54) is 4.90 Å². The number of hydrogen-bond donors (Lipinski definition) is 2. The zero-order chi connectivity index (χ0) is 22.2. The first-order valence-electron chi connectivity index (χ1n) is 11.4. The molecule has 1 aliphatic carbocycles. The number of benzene rings is 1. The SMILES string of the molecule is CCNC(=NCCCCN1C(=O)c2ccccc2C1=O)NC1CCCC(S(=O)CC)C1.I. The third kappa shape index (κ3) is 6.76. The Labute approximate surface area is 210 Å². The molecule has 1 fully saturated rings. The van der Waals surface area contributed by atoms with E-state index in [4.69, 9.17) is 0 Å². The van der Waals surface area contributed by atoms with Gasteiger partial charge in [-0.25, -0.2) is 0 Å². The number of unbranched alkanes of at least 4 members (excludes halogenated alkanes) is 1. The summed E-state index contributed by atoms with van der Waals surface area (Å²) in [5.74, 6) is 1.11. The van der Waals surface area contributed by atoms with Gasteiger partial charge in [-0.05, 0) is 51.2 Å². The molecular weight excluding hydrogens is 539 g/mol. The van der Waals surface area contributed by atoms with Gasteiger partial charge in [0, 0.05) is 47.5 Å². The molecule has 3 atom stereocenters. The molecule has 0 spiro atoms. The van der Waals surface area contributed by atoms with Crippen LogP contribution in [0.5, 0.6) is 0 Å². The van der Waals surface area contributed by atoms with Crippen molar-refractivity contribution in [3.8, 4) is 0 Å². The van der Waals surface area contributed by atoms with Crippen LogP contribution in [0.15, 0.2) is 29.3 Å². The summed E-state index contributed by atoms with van der Waals surface area (Å²) in [4.78, 5) is 30.8. The fourth-order valence-electron chi connectivity index (χ4n) is 4.28. The van der Waals surface area contributed by atoms with Gasteiger partial charge in [0.15, 0.2) is 5.96 Å². The van der Waals surface area contributed by atoms with Crippen molar-refractivity contribution in [1.29, 1.82) is 0 Å². The van der Waals surface area contributed by atoms with Crippen molar-refractivity contribution in [2.45, 2.75) is 63.7 Å². The summed E-state index contributed by atoms with van der Waals surface area (Å²) >= 11 is 0. The molecule has 1 aromatic rings. The first-order chi connectivity index (χ1) is 15.0. The Morgan fingerprint density at radius 3 is 2.44 bits per heavy atom. The van der Waals surface area contributed by atoms with Gasteiger partial charge >= 0.3 is 0 Å².